The van der Waals surface area contributed by atoms with E-state index in [2.05, 4.69) is 33.2 Å². The molecule has 2 aromatic rings. The molecule has 1 aromatic carbocycles. The van der Waals surface area contributed by atoms with E-state index in [1.54, 1.807) is 12.3 Å². The molecular weight excluding hydrogens is 307 g/mol. The van der Waals surface area contributed by atoms with E-state index in [0.29, 0.717) is 6.42 Å². The van der Waals surface area contributed by atoms with Crippen LogP contribution in [0, 0.1) is 5.82 Å². The molecule has 1 atom stereocenters. The van der Waals surface area contributed by atoms with Crippen molar-refractivity contribution in [3.05, 3.63) is 64.1 Å². The first-order chi connectivity index (χ1) is 9.19. The van der Waals surface area contributed by atoms with E-state index in [4.69, 9.17) is 0 Å². The molecule has 0 radical (unpaired) electrons. The maximum Gasteiger partial charge on any atom is 0.124 e. The predicted molar refractivity (Wildman–Crippen MR) is 78.5 cm³/mol. The highest BCUT2D eigenvalue weighted by atomic mass is 79.9. The minimum Gasteiger partial charge on any atom is -0.309 e. The van der Waals surface area contributed by atoms with E-state index in [1.165, 1.54) is 6.07 Å². The van der Waals surface area contributed by atoms with Crippen molar-refractivity contribution < 1.29 is 4.39 Å². The van der Waals surface area contributed by atoms with Gasteiger partial charge in [-0.3, -0.25) is 4.98 Å². The Morgan fingerprint density at radius 3 is 2.79 bits per heavy atom. The summed E-state index contributed by atoms with van der Waals surface area (Å²) in [5, 5.41) is 3.39. The molecule has 1 unspecified atom stereocenters. The number of nitrogens with zero attached hydrogens (tertiary/aromatic N) is 1. The maximum atomic E-state index is 13.4. The molecule has 0 bridgehead atoms. The van der Waals surface area contributed by atoms with Gasteiger partial charge in [0, 0.05) is 10.7 Å². The Balaban J connectivity index is 2.21. The Morgan fingerprint density at radius 1 is 1.32 bits per heavy atom. The monoisotopic (exact) mass is 322 g/mol. The van der Waals surface area contributed by atoms with Crippen molar-refractivity contribution in [2.45, 2.75) is 19.4 Å². The van der Waals surface area contributed by atoms with E-state index in [0.717, 1.165) is 22.3 Å². The van der Waals surface area contributed by atoms with Crippen molar-refractivity contribution in [2.24, 2.45) is 0 Å². The molecule has 1 N–H and O–H groups in total. The SMILES string of the molecule is CCNC(Cc1cc(F)cc(Br)c1)c1ccccn1. The van der Waals surface area contributed by atoms with Gasteiger partial charge in [-0.1, -0.05) is 28.9 Å². The van der Waals surface area contributed by atoms with Gasteiger partial charge in [0.05, 0.1) is 11.7 Å². The summed E-state index contributed by atoms with van der Waals surface area (Å²) in [5.41, 5.74) is 1.92. The number of rotatable bonds is 5. The third kappa shape index (κ3) is 4.11. The van der Waals surface area contributed by atoms with Gasteiger partial charge in [0.2, 0.25) is 0 Å². The second-order valence-electron chi connectivity index (χ2n) is 4.35. The zero-order valence-corrected chi connectivity index (χ0v) is 12.3. The Kier molecular flexibility index (Phi) is 5.05. The maximum absolute atomic E-state index is 13.4. The molecule has 1 aromatic heterocycles. The number of likely N-dealkylation sites (N-methyl/N-ethyl adjacent to an activating group) is 1. The molecule has 0 saturated carbocycles. The predicted octanol–water partition coefficient (Wildman–Crippen LogP) is 3.88. The van der Waals surface area contributed by atoms with Crippen molar-refractivity contribution in [3.8, 4) is 0 Å². The fraction of sp³-hybridized carbons (Fsp3) is 0.267. The molecule has 2 rings (SSSR count). The molecule has 19 heavy (non-hydrogen) atoms. The van der Waals surface area contributed by atoms with E-state index in [-0.39, 0.29) is 11.9 Å². The number of hydrogen-bond donors (Lipinski definition) is 1. The van der Waals surface area contributed by atoms with Crippen LogP contribution in [0.1, 0.15) is 24.2 Å². The number of pyridine rings is 1. The summed E-state index contributed by atoms with van der Waals surface area (Å²) in [6, 6.07) is 10.9. The summed E-state index contributed by atoms with van der Waals surface area (Å²) in [5.74, 6) is -0.222. The van der Waals surface area contributed by atoms with Crippen LogP contribution in [0.15, 0.2) is 47.1 Å². The van der Waals surface area contributed by atoms with Crippen molar-refractivity contribution in [1.82, 2.24) is 10.3 Å². The van der Waals surface area contributed by atoms with Gasteiger partial charge in [-0.2, -0.15) is 0 Å². The lowest BCUT2D eigenvalue weighted by atomic mass is 10.0. The zero-order valence-electron chi connectivity index (χ0n) is 10.7. The van der Waals surface area contributed by atoms with Gasteiger partial charge >= 0.3 is 0 Å². The first-order valence-electron chi connectivity index (χ1n) is 6.28. The molecule has 0 aliphatic rings. The molecule has 0 spiro atoms. The largest absolute Gasteiger partial charge is 0.309 e. The minimum atomic E-state index is -0.222. The van der Waals surface area contributed by atoms with E-state index < -0.39 is 0 Å². The zero-order chi connectivity index (χ0) is 13.7. The normalized spacial score (nSPS) is 12.4. The second-order valence-corrected chi connectivity index (χ2v) is 5.26. The number of aromatic nitrogens is 1. The van der Waals surface area contributed by atoms with Crippen LogP contribution >= 0.6 is 15.9 Å². The molecule has 0 amide bonds. The molecule has 2 nitrogen and oxygen atoms in total. The molecule has 0 saturated heterocycles. The van der Waals surface area contributed by atoms with Crippen LogP contribution in [0.3, 0.4) is 0 Å². The number of nitrogens with one attached hydrogen (secondary N) is 1. The van der Waals surface area contributed by atoms with Gasteiger partial charge in [-0.05, 0) is 48.9 Å². The summed E-state index contributed by atoms with van der Waals surface area (Å²) in [6.45, 7) is 2.90. The van der Waals surface area contributed by atoms with Gasteiger partial charge in [0.1, 0.15) is 5.82 Å². The van der Waals surface area contributed by atoms with Crippen molar-refractivity contribution in [2.75, 3.05) is 6.54 Å². The molecule has 0 aliphatic carbocycles. The van der Waals surface area contributed by atoms with Crippen molar-refractivity contribution >= 4 is 15.9 Å². The highest BCUT2D eigenvalue weighted by molar-refractivity contribution is 9.10. The third-order valence-electron chi connectivity index (χ3n) is 2.86. The Morgan fingerprint density at radius 2 is 2.16 bits per heavy atom. The Hall–Kier alpha value is -1.26. The first-order valence-corrected chi connectivity index (χ1v) is 7.07. The molecule has 1 heterocycles. The van der Waals surface area contributed by atoms with Crippen LogP contribution < -0.4 is 5.32 Å². The second kappa shape index (κ2) is 6.78. The molecule has 0 aliphatic heterocycles. The van der Waals surface area contributed by atoms with Gasteiger partial charge < -0.3 is 5.32 Å². The fourth-order valence-corrected chi connectivity index (χ4v) is 2.59. The summed E-state index contributed by atoms with van der Waals surface area (Å²) >= 11 is 3.32. The van der Waals surface area contributed by atoms with Gasteiger partial charge in [-0.25, -0.2) is 4.39 Å². The van der Waals surface area contributed by atoms with Crippen molar-refractivity contribution in [3.63, 3.8) is 0 Å². The van der Waals surface area contributed by atoms with E-state index in [1.807, 2.05) is 24.3 Å². The fourth-order valence-electron chi connectivity index (χ4n) is 2.07. The molecule has 100 valence electrons. The summed E-state index contributed by atoms with van der Waals surface area (Å²) in [7, 11) is 0. The summed E-state index contributed by atoms with van der Waals surface area (Å²) in [4.78, 5) is 4.37. The summed E-state index contributed by atoms with van der Waals surface area (Å²) < 4.78 is 14.2. The van der Waals surface area contributed by atoms with Crippen molar-refractivity contribution in [1.29, 1.82) is 0 Å². The van der Waals surface area contributed by atoms with Gasteiger partial charge in [0.25, 0.3) is 0 Å². The highest BCUT2D eigenvalue weighted by Crippen LogP contribution is 2.20. The molecular formula is C15H16BrFN2. The van der Waals surface area contributed by atoms with Crippen LogP contribution in [0.25, 0.3) is 0 Å². The van der Waals surface area contributed by atoms with Crippen LogP contribution in [-0.2, 0) is 6.42 Å². The average molecular weight is 323 g/mol. The van der Waals surface area contributed by atoms with E-state index >= 15 is 0 Å². The Labute approximate surface area is 121 Å². The van der Waals surface area contributed by atoms with Crippen LogP contribution in [-0.4, -0.2) is 11.5 Å². The van der Waals surface area contributed by atoms with Crippen LogP contribution in [0.2, 0.25) is 0 Å². The summed E-state index contributed by atoms with van der Waals surface area (Å²) in [6.07, 6.45) is 2.49. The quantitative estimate of drug-likeness (QED) is 0.903. The molecule has 0 fully saturated rings. The third-order valence-corrected chi connectivity index (χ3v) is 3.32. The topological polar surface area (TPSA) is 24.9 Å². The van der Waals surface area contributed by atoms with Crippen LogP contribution in [0.4, 0.5) is 4.39 Å². The first kappa shape index (κ1) is 14.2. The highest BCUT2D eigenvalue weighted by Gasteiger charge is 2.13. The minimum absolute atomic E-state index is 0.0971. The number of benzene rings is 1. The standard InChI is InChI=1S/C15H16BrFN2/c1-2-18-15(14-5-3-4-6-19-14)9-11-7-12(16)10-13(17)8-11/h3-8,10,15,18H,2,9H2,1H3. The smallest absolute Gasteiger partial charge is 0.124 e. The van der Waals surface area contributed by atoms with Crippen LogP contribution in [0.5, 0.6) is 0 Å². The lowest BCUT2D eigenvalue weighted by Gasteiger charge is -2.17. The van der Waals surface area contributed by atoms with Gasteiger partial charge in [0.15, 0.2) is 0 Å². The lowest BCUT2D eigenvalue weighted by Crippen LogP contribution is -2.23. The number of hydrogen-bond acceptors (Lipinski definition) is 2. The van der Waals surface area contributed by atoms with Gasteiger partial charge in [-0.15, -0.1) is 0 Å². The van der Waals surface area contributed by atoms with E-state index in [9.17, 15) is 4.39 Å². The average Bonchev–Trinajstić information content (AvgIpc) is 2.38. The molecule has 4 heteroatoms. The number of halogens is 2. The lowest BCUT2D eigenvalue weighted by molar-refractivity contribution is 0.534. The Bertz CT molecular complexity index is 511.